The van der Waals surface area contributed by atoms with Gasteiger partial charge in [0, 0.05) is 12.5 Å². The third-order valence-corrected chi connectivity index (χ3v) is 2.86. The van der Waals surface area contributed by atoms with Gasteiger partial charge in [-0.15, -0.1) is 10.2 Å². The van der Waals surface area contributed by atoms with Gasteiger partial charge in [-0.2, -0.15) is 0 Å². The molecular formula is C7H12FN3S. The van der Waals surface area contributed by atoms with Crippen LogP contribution in [0.15, 0.2) is 0 Å². The molecule has 1 aromatic rings. The highest BCUT2D eigenvalue weighted by atomic mass is 32.1. The molecule has 1 heterocycles. The normalized spacial score (nSPS) is 11.7. The molecule has 0 spiro atoms. The maximum absolute atomic E-state index is 12.5. The van der Waals surface area contributed by atoms with Gasteiger partial charge in [-0.25, -0.2) is 0 Å². The number of hydrogen-bond donors (Lipinski definition) is 1. The first kappa shape index (κ1) is 9.38. The highest BCUT2D eigenvalue weighted by molar-refractivity contribution is 7.15. The van der Waals surface area contributed by atoms with E-state index in [1.165, 1.54) is 11.3 Å². The molecule has 1 N–H and O–H groups in total. The molecule has 0 fully saturated rings. The topological polar surface area (TPSA) is 37.8 Å². The fourth-order valence-electron chi connectivity index (χ4n) is 0.655. The molecule has 0 saturated heterocycles. The molecule has 0 aliphatic carbocycles. The van der Waals surface area contributed by atoms with Crippen LogP contribution < -0.4 is 5.32 Å². The Morgan fingerprint density at radius 1 is 1.50 bits per heavy atom. The highest BCUT2D eigenvalue weighted by Gasteiger charge is 2.25. The van der Waals surface area contributed by atoms with Gasteiger partial charge in [0.25, 0.3) is 0 Å². The molecule has 1 rings (SSSR count). The zero-order chi connectivity index (χ0) is 9.19. The summed E-state index contributed by atoms with van der Waals surface area (Å²) >= 11 is 1.39. The van der Waals surface area contributed by atoms with Crippen LogP contribution in [0.4, 0.5) is 9.52 Å². The lowest BCUT2D eigenvalue weighted by atomic mass is 9.97. The number of halogens is 1. The van der Waals surface area contributed by atoms with E-state index in [1.807, 2.05) is 13.8 Å². The van der Waals surface area contributed by atoms with E-state index < -0.39 is 12.1 Å². The van der Waals surface area contributed by atoms with Crippen LogP contribution in [0.3, 0.4) is 0 Å². The van der Waals surface area contributed by atoms with Gasteiger partial charge in [0.05, 0.1) is 0 Å². The summed E-state index contributed by atoms with van der Waals surface area (Å²) in [6, 6.07) is 0. The fourth-order valence-corrected chi connectivity index (χ4v) is 1.43. The van der Waals surface area contributed by atoms with Crippen molar-refractivity contribution in [2.75, 3.05) is 19.0 Å². The van der Waals surface area contributed by atoms with Crippen molar-refractivity contribution in [1.82, 2.24) is 10.2 Å². The van der Waals surface area contributed by atoms with Crippen LogP contribution >= 0.6 is 11.3 Å². The Balaban J connectivity index is 2.88. The molecule has 1 aromatic heterocycles. The second kappa shape index (κ2) is 3.35. The smallest absolute Gasteiger partial charge is 0.205 e. The number of anilines is 1. The average Bonchev–Trinajstić information content (AvgIpc) is 2.52. The van der Waals surface area contributed by atoms with Crippen molar-refractivity contribution in [3.05, 3.63) is 5.01 Å². The van der Waals surface area contributed by atoms with E-state index in [9.17, 15) is 4.39 Å². The van der Waals surface area contributed by atoms with Crippen molar-refractivity contribution in [1.29, 1.82) is 0 Å². The van der Waals surface area contributed by atoms with Crippen molar-refractivity contribution >= 4 is 16.5 Å². The van der Waals surface area contributed by atoms with Gasteiger partial charge in [0.2, 0.25) is 5.13 Å². The van der Waals surface area contributed by atoms with Crippen molar-refractivity contribution in [2.24, 2.45) is 0 Å². The van der Waals surface area contributed by atoms with Crippen LogP contribution in [0.1, 0.15) is 18.9 Å². The summed E-state index contributed by atoms with van der Waals surface area (Å²) in [6.45, 7) is 3.21. The van der Waals surface area contributed by atoms with Crippen LogP contribution in [0, 0.1) is 0 Å². The molecule has 0 radical (unpaired) electrons. The van der Waals surface area contributed by atoms with Crippen LogP contribution in [0.5, 0.6) is 0 Å². The van der Waals surface area contributed by atoms with Crippen LogP contribution in [-0.2, 0) is 5.41 Å². The number of hydrogen-bond acceptors (Lipinski definition) is 4. The highest BCUT2D eigenvalue weighted by Crippen LogP contribution is 2.28. The summed E-state index contributed by atoms with van der Waals surface area (Å²) < 4.78 is 12.5. The standard InChI is InChI=1S/C7H12FN3S/c1-7(2,4-8)5-10-11-6(9-3)12-5/h4H2,1-3H3,(H,9,11). The lowest BCUT2D eigenvalue weighted by Gasteiger charge is -2.14. The molecule has 0 aliphatic heterocycles. The van der Waals surface area contributed by atoms with Crippen molar-refractivity contribution < 1.29 is 4.39 Å². The van der Waals surface area contributed by atoms with Gasteiger partial charge in [-0.3, -0.25) is 4.39 Å². The second-order valence-electron chi connectivity index (χ2n) is 3.18. The van der Waals surface area contributed by atoms with E-state index in [2.05, 4.69) is 15.5 Å². The van der Waals surface area contributed by atoms with Gasteiger partial charge >= 0.3 is 0 Å². The molecule has 0 bridgehead atoms. The molecule has 5 heteroatoms. The molecule has 3 nitrogen and oxygen atoms in total. The Morgan fingerprint density at radius 3 is 2.58 bits per heavy atom. The molecule has 0 unspecified atom stereocenters. The third kappa shape index (κ3) is 1.72. The Labute approximate surface area is 75.0 Å². The first-order chi connectivity index (χ1) is 5.60. The molecule has 0 saturated carbocycles. The first-order valence-corrected chi connectivity index (χ1v) is 4.49. The fraction of sp³-hybridized carbons (Fsp3) is 0.714. The van der Waals surface area contributed by atoms with Crippen LogP contribution in [0.25, 0.3) is 0 Å². The Hall–Kier alpha value is -0.710. The van der Waals surface area contributed by atoms with Crippen molar-refractivity contribution in [3.8, 4) is 0 Å². The zero-order valence-corrected chi connectivity index (χ0v) is 8.20. The van der Waals surface area contributed by atoms with E-state index in [-0.39, 0.29) is 0 Å². The van der Waals surface area contributed by atoms with E-state index in [1.54, 1.807) is 7.05 Å². The third-order valence-electron chi connectivity index (χ3n) is 1.55. The predicted octanol–water partition coefficient (Wildman–Crippen LogP) is 1.83. The quantitative estimate of drug-likeness (QED) is 0.788. The Kier molecular flexibility index (Phi) is 2.62. The SMILES string of the molecule is CNc1nnc(C(C)(C)CF)s1. The molecule has 0 aliphatic rings. The van der Waals surface area contributed by atoms with Crippen molar-refractivity contribution in [2.45, 2.75) is 19.3 Å². The van der Waals surface area contributed by atoms with E-state index in [4.69, 9.17) is 0 Å². The van der Waals surface area contributed by atoms with Gasteiger partial charge in [-0.1, -0.05) is 25.2 Å². The van der Waals surface area contributed by atoms with E-state index in [0.717, 1.165) is 10.1 Å². The molecule has 0 amide bonds. The largest absolute Gasteiger partial charge is 0.363 e. The predicted molar refractivity (Wildman–Crippen MR) is 48.5 cm³/mol. The summed E-state index contributed by atoms with van der Waals surface area (Å²) in [6.07, 6.45) is 0. The lowest BCUT2D eigenvalue weighted by molar-refractivity contribution is 0.348. The Morgan fingerprint density at radius 2 is 2.17 bits per heavy atom. The molecule has 68 valence electrons. The molecule has 0 aromatic carbocycles. The maximum atomic E-state index is 12.5. The molecule has 0 atom stereocenters. The van der Waals surface area contributed by atoms with E-state index in [0.29, 0.717) is 0 Å². The van der Waals surface area contributed by atoms with Crippen LogP contribution in [-0.4, -0.2) is 23.9 Å². The maximum Gasteiger partial charge on any atom is 0.205 e. The van der Waals surface area contributed by atoms with Gasteiger partial charge in [0.1, 0.15) is 11.7 Å². The summed E-state index contributed by atoms with van der Waals surface area (Å²) in [4.78, 5) is 0. The minimum Gasteiger partial charge on any atom is -0.363 e. The van der Waals surface area contributed by atoms with Gasteiger partial charge < -0.3 is 5.32 Å². The number of nitrogens with one attached hydrogen (secondary N) is 1. The lowest BCUT2D eigenvalue weighted by Crippen LogP contribution is -2.19. The van der Waals surface area contributed by atoms with Crippen molar-refractivity contribution in [3.63, 3.8) is 0 Å². The first-order valence-electron chi connectivity index (χ1n) is 3.68. The summed E-state index contributed by atoms with van der Waals surface area (Å²) in [5.41, 5.74) is -0.507. The minimum atomic E-state index is -0.507. The van der Waals surface area contributed by atoms with Gasteiger partial charge in [0.15, 0.2) is 0 Å². The number of alkyl halides is 1. The average molecular weight is 189 g/mol. The number of nitrogens with zero attached hydrogens (tertiary/aromatic N) is 2. The summed E-state index contributed by atoms with van der Waals surface area (Å²) in [5, 5.41) is 12.1. The zero-order valence-electron chi connectivity index (χ0n) is 7.39. The van der Waals surface area contributed by atoms with Crippen LogP contribution in [0.2, 0.25) is 0 Å². The van der Waals surface area contributed by atoms with Gasteiger partial charge in [-0.05, 0) is 0 Å². The number of aromatic nitrogens is 2. The summed E-state index contributed by atoms with van der Waals surface area (Å²) in [5.74, 6) is 0. The second-order valence-corrected chi connectivity index (χ2v) is 4.16. The number of rotatable bonds is 3. The van der Waals surface area contributed by atoms with E-state index >= 15 is 0 Å². The Bertz CT molecular complexity index is 259. The molecular weight excluding hydrogens is 177 g/mol. The monoisotopic (exact) mass is 189 g/mol. The minimum absolute atomic E-state index is 0.411. The summed E-state index contributed by atoms with van der Waals surface area (Å²) in [7, 11) is 1.77. The molecule has 12 heavy (non-hydrogen) atoms.